The maximum absolute atomic E-state index is 12.7. The molecule has 1 amide bonds. The van der Waals surface area contributed by atoms with Crippen LogP contribution < -0.4 is 0 Å². The van der Waals surface area contributed by atoms with Gasteiger partial charge >= 0.3 is 5.97 Å². The Kier molecular flexibility index (Phi) is 5.08. The van der Waals surface area contributed by atoms with Gasteiger partial charge in [-0.15, -0.1) is 11.3 Å². The SMILES string of the molecule is COCC1(C(=O)O)CCN(C(=O)c2csc(-c3ccc(Cl)cc3)n2)C1. The van der Waals surface area contributed by atoms with Crippen LogP contribution in [0.3, 0.4) is 0 Å². The average molecular weight is 381 g/mol. The maximum Gasteiger partial charge on any atom is 0.313 e. The molecule has 2 aromatic rings. The molecule has 132 valence electrons. The molecule has 1 atom stereocenters. The van der Waals surface area contributed by atoms with Crippen LogP contribution in [0.15, 0.2) is 29.6 Å². The van der Waals surface area contributed by atoms with Crippen LogP contribution in [0.2, 0.25) is 5.02 Å². The largest absolute Gasteiger partial charge is 0.481 e. The fourth-order valence-electron chi connectivity index (χ4n) is 2.94. The highest BCUT2D eigenvalue weighted by Crippen LogP contribution is 2.33. The summed E-state index contributed by atoms with van der Waals surface area (Å²) in [5.41, 5.74) is 0.169. The van der Waals surface area contributed by atoms with Crippen LogP contribution >= 0.6 is 22.9 Å². The Bertz CT molecular complexity index is 792. The zero-order valence-corrected chi connectivity index (χ0v) is 15.1. The van der Waals surface area contributed by atoms with E-state index in [1.165, 1.54) is 23.3 Å². The minimum Gasteiger partial charge on any atom is -0.481 e. The number of nitrogens with zero attached hydrogens (tertiary/aromatic N) is 2. The van der Waals surface area contributed by atoms with Gasteiger partial charge in [0.1, 0.15) is 16.1 Å². The number of rotatable bonds is 5. The summed E-state index contributed by atoms with van der Waals surface area (Å²) < 4.78 is 5.05. The number of carbonyl (C=O) groups excluding carboxylic acids is 1. The van der Waals surface area contributed by atoms with E-state index in [2.05, 4.69) is 4.98 Å². The van der Waals surface area contributed by atoms with E-state index in [0.717, 1.165) is 10.6 Å². The molecule has 0 bridgehead atoms. The van der Waals surface area contributed by atoms with E-state index < -0.39 is 11.4 Å². The monoisotopic (exact) mass is 380 g/mol. The van der Waals surface area contributed by atoms with Gasteiger partial charge in [0.2, 0.25) is 0 Å². The van der Waals surface area contributed by atoms with Crippen molar-refractivity contribution in [1.29, 1.82) is 0 Å². The zero-order valence-electron chi connectivity index (χ0n) is 13.6. The molecule has 8 heteroatoms. The summed E-state index contributed by atoms with van der Waals surface area (Å²) in [6.45, 7) is 0.588. The normalized spacial score (nSPS) is 20.0. The van der Waals surface area contributed by atoms with Crippen LogP contribution in [0.25, 0.3) is 10.6 Å². The number of thiazole rings is 1. The highest BCUT2D eigenvalue weighted by Gasteiger charge is 2.46. The number of methoxy groups -OCH3 is 1. The number of carbonyl (C=O) groups is 2. The topological polar surface area (TPSA) is 79.7 Å². The van der Waals surface area contributed by atoms with Gasteiger partial charge in [-0.2, -0.15) is 0 Å². The van der Waals surface area contributed by atoms with E-state index in [4.69, 9.17) is 16.3 Å². The first kappa shape index (κ1) is 17.8. The van der Waals surface area contributed by atoms with Crippen molar-refractivity contribution in [3.8, 4) is 10.6 Å². The average Bonchev–Trinajstić information content (AvgIpc) is 3.23. The quantitative estimate of drug-likeness (QED) is 0.862. The van der Waals surface area contributed by atoms with Gasteiger partial charge in [-0.1, -0.05) is 23.7 Å². The van der Waals surface area contributed by atoms with Crippen LogP contribution in [0.1, 0.15) is 16.9 Å². The smallest absolute Gasteiger partial charge is 0.313 e. The molecule has 0 radical (unpaired) electrons. The number of ether oxygens (including phenoxy) is 1. The van der Waals surface area contributed by atoms with Gasteiger partial charge in [0.05, 0.1) is 6.61 Å². The van der Waals surface area contributed by atoms with Gasteiger partial charge < -0.3 is 14.7 Å². The molecule has 1 aromatic heterocycles. The molecule has 25 heavy (non-hydrogen) atoms. The Labute approximate surface area is 154 Å². The molecule has 2 heterocycles. The van der Waals surface area contributed by atoms with Crippen molar-refractivity contribution in [1.82, 2.24) is 9.88 Å². The Morgan fingerprint density at radius 1 is 1.40 bits per heavy atom. The van der Waals surface area contributed by atoms with E-state index in [-0.39, 0.29) is 19.1 Å². The lowest BCUT2D eigenvalue weighted by atomic mass is 9.88. The number of hydrogen-bond acceptors (Lipinski definition) is 5. The highest BCUT2D eigenvalue weighted by molar-refractivity contribution is 7.13. The number of likely N-dealkylation sites (tertiary alicyclic amines) is 1. The summed E-state index contributed by atoms with van der Waals surface area (Å²) in [4.78, 5) is 30.2. The summed E-state index contributed by atoms with van der Waals surface area (Å²) in [5, 5.41) is 12.6. The van der Waals surface area contributed by atoms with Gasteiger partial charge in [0, 0.05) is 36.2 Å². The summed E-state index contributed by atoms with van der Waals surface area (Å²) in [6, 6.07) is 7.23. The van der Waals surface area contributed by atoms with Gasteiger partial charge in [0.25, 0.3) is 5.91 Å². The van der Waals surface area contributed by atoms with E-state index >= 15 is 0 Å². The number of carboxylic acids is 1. The third-order valence-corrected chi connectivity index (χ3v) is 5.47. The number of benzene rings is 1. The molecule has 1 aliphatic rings. The van der Waals surface area contributed by atoms with E-state index in [9.17, 15) is 14.7 Å². The van der Waals surface area contributed by atoms with E-state index in [1.807, 2.05) is 12.1 Å². The number of carboxylic acid groups (broad SMARTS) is 1. The van der Waals surface area contributed by atoms with Crippen molar-refractivity contribution in [2.75, 3.05) is 26.8 Å². The number of aromatic nitrogens is 1. The maximum atomic E-state index is 12.7. The predicted octanol–water partition coefficient (Wildman–Crippen LogP) is 3.03. The van der Waals surface area contributed by atoms with Crippen molar-refractivity contribution in [2.24, 2.45) is 5.41 Å². The second kappa shape index (κ2) is 7.11. The Morgan fingerprint density at radius 3 is 2.76 bits per heavy atom. The molecule has 1 unspecified atom stereocenters. The minimum absolute atomic E-state index is 0.0825. The highest BCUT2D eigenvalue weighted by atomic mass is 35.5. The molecule has 1 aliphatic heterocycles. The minimum atomic E-state index is -1.04. The first-order chi connectivity index (χ1) is 11.9. The summed E-state index contributed by atoms with van der Waals surface area (Å²) in [6.07, 6.45) is 0.371. The first-order valence-electron chi connectivity index (χ1n) is 7.68. The first-order valence-corrected chi connectivity index (χ1v) is 8.94. The van der Waals surface area contributed by atoms with Gasteiger partial charge in [-0.05, 0) is 18.6 Å². The molecular formula is C17H17ClN2O4S. The lowest BCUT2D eigenvalue weighted by molar-refractivity contribution is -0.151. The molecule has 3 rings (SSSR count). The van der Waals surface area contributed by atoms with Gasteiger partial charge in [-0.25, -0.2) is 4.98 Å². The Balaban J connectivity index is 1.76. The van der Waals surface area contributed by atoms with Crippen LogP contribution in [-0.2, 0) is 9.53 Å². The number of hydrogen-bond donors (Lipinski definition) is 1. The van der Waals surface area contributed by atoms with Crippen LogP contribution in [0.5, 0.6) is 0 Å². The van der Waals surface area contributed by atoms with Crippen molar-refractivity contribution in [3.63, 3.8) is 0 Å². The molecule has 0 saturated carbocycles. The molecular weight excluding hydrogens is 364 g/mol. The molecule has 1 N–H and O–H groups in total. The third kappa shape index (κ3) is 3.53. The number of aliphatic carboxylic acids is 1. The van der Waals surface area contributed by atoms with Crippen molar-refractivity contribution < 1.29 is 19.4 Å². The zero-order chi connectivity index (χ0) is 18.0. The van der Waals surface area contributed by atoms with Crippen molar-refractivity contribution in [3.05, 3.63) is 40.4 Å². The van der Waals surface area contributed by atoms with Crippen molar-refractivity contribution >= 4 is 34.8 Å². The molecule has 1 saturated heterocycles. The standard InChI is InChI=1S/C17H17ClN2O4S/c1-24-10-17(16(22)23)6-7-20(9-17)15(21)13-8-25-14(19-13)11-2-4-12(18)5-3-11/h2-5,8H,6-7,9-10H2,1H3,(H,22,23). The van der Waals surface area contributed by atoms with Crippen LogP contribution in [0.4, 0.5) is 0 Å². The predicted molar refractivity (Wildman–Crippen MR) is 95.0 cm³/mol. The summed E-state index contributed by atoms with van der Waals surface area (Å²) in [5.74, 6) is -1.19. The molecule has 6 nitrogen and oxygen atoms in total. The van der Waals surface area contributed by atoms with Gasteiger partial charge in [0.15, 0.2) is 0 Å². The van der Waals surface area contributed by atoms with Crippen LogP contribution in [0, 0.1) is 5.41 Å². The van der Waals surface area contributed by atoms with E-state index in [0.29, 0.717) is 23.7 Å². The van der Waals surface area contributed by atoms with E-state index in [1.54, 1.807) is 17.5 Å². The summed E-state index contributed by atoms with van der Waals surface area (Å²) >= 11 is 7.25. The fraction of sp³-hybridized carbons (Fsp3) is 0.353. The molecule has 1 fully saturated rings. The third-order valence-electron chi connectivity index (χ3n) is 4.33. The second-order valence-electron chi connectivity index (χ2n) is 6.04. The lowest BCUT2D eigenvalue weighted by Crippen LogP contribution is -2.40. The Hall–Kier alpha value is -1.96. The number of halogens is 1. The fourth-order valence-corrected chi connectivity index (χ4v) is 3.86. The molecule has 0 aliphatic carbocycles. The molecule has 0 spiro atoms. The lowest BCUT2D eigenvalue weighted by Gasteiger charge is -2.23. The Morgan fingerprint density at radius 2 is 2.12 bits per heavy atom. The van der Waals surface area contributed by atoms with Crippen molar-refractivity contribution in [2.45, 2.75) is 6.42 Å². The second-order valence-corrected chi connectivity index (χ2v) is 7.33. The number of amides is 1. The van der Waals surface area contributed by atoms with Crippen LogP contribution in [-0.4, -0.2) is 53.7 Å². The van der Waals surface area contributed by atoms with Gasteiger partial charge in [-0.3, -0.25) is 9.59 Å². The summed E-state index contributed by atoms with van der Waals surface area (Å²) in [7, 11) is 1.47. The molecule has 1 aromatic carbocycles.